The molecule has 138 valence electrons. The fourth-order valence-electron chi connectivity index (χ4n) is 4.04. The van der Waals surface area contributed by atoms with Crippen molar-refractivity contribution >= 4 is 0 Å². The lowest BCUT2D eigenvalue weighted by Crippen LogP contribution is -2.56. The molecule has 26 heavy (non-hydrogen) atoms. The van der Waals surface area contributed by atoms with E-state index in [-0.39, 0.29) is 0 Å². The second-order valence-corrected chi connectivity index (χ2v) is 7.39. The summed E-state index contributed by atoms with van der Waals surface area (Å²) in [4.78, 5) is 5.17. The van der Waals surface area contributed by atoms with E-state index in [4.69, 9.17) is 9.47 Å². The number of benzene rings is 2. The highest BCUT2D eigenvalue weighted by molar-refractivity contribution is 5.33. The number of likely N-dealkylation sites (tertiary alicyclic amines) is 2. The molecule has 2 aromatic rings. The smallest absolute Gasteiger partial charge is 0.124 e. The first-order valence-electron chi connectivity index (χ1n) is 9.61. The van der Waals surface area contributed by atoms with Gasteiger partial charge in [0.25, 0.3) is 0 Å². The largest absolute Gasteiger partial charge is 0.497 e. The number of hydrogen-bond donors (Lipinski definition) is 0. The maximum absolute atomic E-state index is 6.07. The van der Waals surface area contributed by atoms with Crippen LogP contribution in [-0.2, 0) is 6.54 Å². The van der Waals surface area contributed by atoms with Gasteiger partial charge < -0.3 is 9.47 Å². The van der Waals surface area contributed by atoms with Crippen molar-refractivity contribution in [3.05, 3.63) is 60.2 Å². The van der Waals surface area contributed by atoms with E-state index >= 15 is 0 Å². The zero-order valence-corrected chi connectivity index (χ0v) is 15.5. The number of rotatable bonds is 7. The van der Waals surface area contributed by atoms with Crippen molar-refractivity contribution in [3.8, 4) is 11.5 Å². The zero-order valence-electron chi connectivity index (χ0n) is 15.5. The number of ether oxygens (including phenoxy) is 2. The third kappa shape index (κ3) is 4.19. The van der Waals surface area contributed by atoms with E-state index in [0.29, 0.717) is 12.1 Å². The molecule has 2 saturated heterocycles. The second kappa shape index (κ2) is 8.11. The molecule has 2 aliphatic rings. The molecule has 4 heteroatoms. The lowest BCUT2D eigenvalue weighted by Gasteiger charge is -2.41. The van der Waals surface area contributed by atoms with E-state index in [0.717, 1.165) is 37.7 Å². The summed E-state index contributed by atoms with van der Waals surface area (Å²) in [5.41, 5.74) is 1.42. The molecule has 1 atom stereocenters. The molecule has 2 aliphatic heterocycles. The zero-order chi connectivity index (χ0) is 17.8. The van der Waals surface area contributed by atoms with E-state index in [1.807, 2.05) is 24.3 Å². The second-order valence-electron chi connectivity index (χ2n) is 7.39. The molecule has 2 fully saturated rings. The van der Waals surface area contributed by atoms with Gasteiger partial charge in [0.05, 0.1) is 7.11 Å². The summed E-state index contributed by atoms with van der Waals surface area (Å²) < 4.78 is 11.3. The highest BCUT2D eigenvalue weighted by atomic mass is 16.5. The van der Waals surface area contributed by atoms with E-state index in [9.17, 15) is 0 Å². The first-order chi connectivity index (χ1) is 12.8. The van der Waals surface area contributed by atoms with Crippen LogP contribution < -0.4 is 9.47 Å². The van der Waals surface area contributed by atoms with E-state index in [2.05, 4.69) is 40.1 Å². The van der Waals surface area contributed by atoms with Gasteiger partial charge in [0, 0.05) is 38.3 Å². The SMILES string of the molecule is COc1cccc(OC2CN(C[C@H]3CCCN3Cc3ccccc3)C2)c1. The van der Waals surface area contributed by atoms with Crippen LogP contribution >= 0.6 is 0 Å². The van der Waals surface area contributed by atoms with Gasteiger partial charge in [-0.2, -0.15) is 0 Å². The highest BCUT2D eigenvalue weighted by Crippen LogP contribution is 2.25. The minimum Gasteiger partial charge on any atom is -0.497 e. The molecular formula is C22H28N2O2. The predicted octanol–water partition coefficient (Wildman–Crippen LogP) is 3.42. The molecule has 0 N–H and O–H groups in total. The van der Waals surface area contributed by atoms with Gasteiger partial charge in [-0.25, -0.2) is 0 Å². The van der Waals surface area contributed by atoms with Gasteiger partial charge in [-0.15, -0.1) is 0 Å². The van der Waals surface area contributed by atoms with Gasteiger partial charge in [-0.3, -0.25) is 9.80 Å². The summed E-state index contributed by atoms with van der Waals surface area (Å²) in [7, 11) is 1.69. The molecule has 2 aromatic carbocycles. The average molecular weight is 352 g/mol. The minimum absolute atomic E-state index is 0.297. The monoisotopic (exact) mass is 352 g/mol. The Hall–Kier alpha value is -2.04. The van der Waals surface area contributed by atoms with Crippen LogP contribution in [0.2, 0.25) is 0 Å². The summed E-state index contributed by atoms with van der Waals surface area (Å²) in [5, 5.41) is 0. The molecule has 0 spiro atoms. The summed E-state index contributed by atoms with van der Waals surface area (Å²) in [6.07, 6.45) is 2.92. The summed E-state index contributed by atoms with van der Waals surface area (Å²) in [6, 6.07) is 19.4. The van der Waals surface area contributed by atoms with E-state index in [1.54, 1.807) is 7.11 Å². The third-order valence-corrected chi connectivity index (χ3v) is 5.46. The van der Waals surface area contributed by atoms with Crippen LogP contribution in [-0.4, -0.2) is 55.2 Å². The molecule has 4 nitrogen and oxygen atoms in total. The Kier molecular flexibility index (Phi) is 5.42. The van der Waals surface area contributed by atoms with Crippen molar-refractivity contribution in [2.45, 2.75) is 31.5 Å². The Morgan fingerprint density at radius 3 is 2.62 bits per heavy atom. The molecule has 4 rings (SSSR count). The van der Waals surface area contributed by atoms with Crippen LogP contribution in [0.5, 0.6) is 11.5 Å². The van der Waals surface area contributed by atoms with Crippen LogP contribution in [0.4, 0.5) is 0 Å². The Bertz CT molecular complexity index is 700. The Morgan fingerprint density at radius 2 is 1.81 bits per heavy atom. The Labute approximate surface area is 156 Å². The normalized spacial score (nSPS) is 21.5. The van der Waals surface area contributed by atoms with Crippen molar-refractivity contribution in [1.82, 2.24) is 9.80 Å². The van der Waals surface area contributed by atoms with E-state index in [1.165, 1.54) is 24.9 Å². The number of methoxy groups -OCH3 is 1. The average Bonchev–Trinajstić information content (AvgIpc) is 3.08. The van der Waals surface area contributed by atoms with Crippen molar-refractivity contribution < 1.29 is 9.47 Å². The summed E-state index contributed by atoms with van der Waals surface area (Å²) >= 11 is 0. The van der Waals surface area contributed by atoms with Crippen molar-refractivity contribution in [3.63, 3.8) is 0 Å². The van der Waals surface area contributed by atoms with Gasteiger partial charge >= 0.3 is 0 Å². The minimum atomic E-state index is 0.297. The molecule has 0 unspecified atom stereocenters. The Balaban J connectivity index is 1.24. The standard InChI is InChI=1S/C22H28N2O2/c1-25-20-10-5-11-21(13-20)26-22-16-23(17-22)15-19-9-6-12-24(19)14-18-7-3-2-4-8-18/h2-5,7-8,10-11,13,19,22H,6,9,12,14-17H2,1H3/t19-/m1/s1. The topological polar surface area (TPSA) is 24.9 Å². The maximum atomic E-state index is 6.07. The molecule has 2 heterocycles. The van der Waals surface area contributed by atoms with Gasteiger partial charge in [-0.05, 0) is 37.1 Å². The Morgan fingerprint density at radius 1 is 1.00 bits per heavy atom. The van der Waals surface area contributed by atoms with Crippen molar-refractivity contribution in [2.75, 3.05) is 33.3 Å². The first-order valence-corrected chi connectivity index (χ1v) is 9.61. The number of nitrogens with zero attached hydrogens (tertiary/aromatic N) is 2. The summed E-state index contributed by atoms with van der Waals surface area (Å²) in [5.74, 6) is 1.75. The van der Waals surface area contributed by atoms with Crippen LogP contribution in [0.3, 0.4) is 0 Å². The van der Waals surface area contributed by atoms with Gasteiger partial charge in [-0.1, -0.05) is 36.4 Å². The lowest BCUT2D eigenvalue weighted by molar-refractivity contribution is 0.00501. The van der Waals surface area contributed by atoms with Gasteiger partial charge in [0.2, 0.25) is 0 Å². The fourth-order valence-corrected chi connectivity index (χ4v) is 4.04. The maximum Gasteiger partial charge on any atom is 0.124 e. The van der Waals surface area contributed by atoms with Crippen LogP contribution in [0.25, 0.3) is 0 Å². The van der Waals surface area contributed by atoms with Gasteiger partial charge in [0.1, 0.15) is 17.6 Å². The van der Waals surface area contributed by atoms with Gasteiger partial charge in [0.15, 0.2) is 0 Å². The predicted molar refractivity (Wildman–Crippen MR) is 104 cm³/mol. The summed E-state index contributed by atoms with van der Waals surface area (Å²) in [6.45, 7) is 5.49. The molecule has 0 amide bonds. The fraction of sp³-hybridized carbons (Fsp3) is 0.455. The molecule has 0 radical (unpaired) electrons. The quantitative estimate of drug-likeness (QED) is 0.762. The van der Waals surface area contributed by atoms with Crippen LogP contribution in [0.1, 0.15) is 18.4 Å². The molecule has 0 aromatic heterocycles. The first kappa shape index (κ1) is 17.4. The van der Waals surface area contributed by atoms with Crippen molar-refractivity contribution in [2.24, 2.45) is 0 Å². The molecular weight excluding hydrogens is 324 g/mol. The van der Waals surface area contributed by atoms with Crippen LogP contribution in [0.15, 0.2) is 54.6 Å². The number of hydrogen-bond acceptors (Lipinski definition) is 4. The third-order valence-electron chi connectivity index (χ3n) is 5.46. The van der Waals surface area contributed by atoms with Crippen molar-refractivity contribution in [1.29, 1.82) is 0 Å². The highest BCUT2D eigenvalue weighted by Gasteiger charge is 2.33. The van der Waals surface area contributed by atoms with E-state index < -0.39 is 0 Å². The molecule has 0 aliphatic carbocycles. The molecule has 0 saturated carbocycles. The molecule has 0 bridgehead atoms. The lowest BCUT2D eigenvalue weighted by atomic mass is 10.1. The van der Waals surface area contributed by atoms with Crippen LogP contribution in [0, 0.1) is 0 Å².